The number of esters is 1. The van der Waals surface area contributed by atoms with Crippen molar-refractivity contribution < 1.29 is 98.5 Å². The maximum absolute atomic E-state index is 14.2. The minimum absolute atomic E-state index is 0.00750. The van der Waals surface area contributed by atoms with Crippen LogP contribution in [0.5, 0.6) is 0 Å². The predicted molar refractivity (Wildman–Crippen MR) is 458 cm³/mol. The van der Waals surface area contributed by atoms with Crippen molar-refractivity contribution in [3.8, 4) is 45.0 Å². The molecule has 0 unspecified atom stereocenters. The van der Waals surface area contributed by atoms with E-state index in [0.29, 0.717) is 131 Å². The van der Waals surface area contributed by atoms with Gasteiger partial charge in [0.05, 0.1) is 61.3 Å². The number of hydrogen-bond donors (Lipinski definition) is 5. The summed E-state index contributed by atoms with van der Waals surface area (Å²) in [4.78, 5) is 43.6. The summed E-state index contributed by atoms with van der Waals surface area (Å²) >= 11 is 21.2. The van der Waals surface area contributed by atoms with E-state index in [0.717, 1.165) is 81.6 Å². The first kappa shape index (κ1) is 95.2. The van der Waals surface area contributed by atoms with Gasteiger partial charge >= 0.3 is 5.97 Å². The van der Waals surface area contributed by atoms with Crippen molar-refractivity contribution in [2.75, 3.05) is 6.61 Å². The van der Waals surface area contributed by atoms with Crippen molar-refractivity contribution in [3.05, 3.63) is 277 Å². The molecule has 0 bridgehead atoms. The van der Waals surface area contributed by atoms with E-state index < -0.39 is 29.2 Å². The summed E-state index contributed by atoms with van der Waals surface area (Å²) in [6, 6.07) is 32.2. The fourth-order valence-corrected chi connectivity index (χ4v) is 14.8. The molecule has 0 saturated heterocycles. The smallest absolute Gasteiger partial charge is 0.344 e. The minimum Gasteiger partial charge on any atom is -0.462 e. The highest BCUT2D eigenvalue weighted by Gasteiger charge is 2.39. The van der Waals surface area contributed by atoms with Gasteiger partial charge in [-0.15, -0.1) is 0 Å². The van der Waals surface area contributed by atoms with Crippen molar-refractivity contribution in [2.24, 2.45) is 16.2 Å². The third kappa shape index (κ3) is 25.1. The second kappa shape index (κ2) is 44.9. The molecule has 121 heavy (non-hydrogen) atoms. The van der Waals surface area contributed by atoms with Crippen LogP contribution in [-0.2, 0) is 34.1 Å². The summed E-state index contributed by atoms with van der Waals surface area (Å²) in [7, 11) is 0. The van der Waals surface area contributed by atoms with Crippen molar-refractivity contribution in [3.63, 3.8) is 0 Å². The summed E-state index contributed by atoms with van der Waals surface area (Å²) in [5.74, 6) is 0.528. The van der Waals surface area contributed by atoms with Crippen LogP contribution in [0.4, 0.5) is 30.7 Å². The third-order valence-electron chi connectivity index (χ3n) is 18.8. The number of benzene rings is 7. The van der Waals surface area contributed by atoms with Crippen LogP contribution in [-0.4, -0.2) is 88.2 Å². The van der Waals surface area contributed by atoms with Crippen LogP contribution < -0.4 is 0 Å². The van der Waals surface area contributed by atoms with Gasteiger partial charge in [-0.1, -0.05) is 137 Å². The number of carbonyl (C=O) groups excluding carboxylic acids is 4. The number of aliphatic hydroxyl groups excluding tert-OH is 3. The Kier molecular flexibility index (Phi) is 35.4. The van der Waals surface area contributed by atoms with Crippen LogP contribution in [0.2, 0.25) is 0 Å². The number of carbonyl (C=O) groups is 4. The fourth-order valence-electron chi connectivity index (χ4n) is 12.1. The number of ketones is 2. The summed E-state index contributed by atoms with van der Waals surface area (Å²) in [5, 5.41) is 66.2. The monoisotopic (exact) mass is 2010 g/mol. The van der Waals surface area contributed by atoms with Gasteiger partial charge in [-0.25, -0.2) is 35.5 Å². The molecule has 5 saturated carbocycles. The second-order valence-corrected chi connectivity index (χ2v) is 32.6. The second-order valence-electron chi connectivity index (χ2n) is 28.0. The zero-order valence-corrected chi connectivity index (χ0v) is 73.9. The summed E-state index contributed by atoms with van der Waals surface area (Å²) in [6.07, 6.45) is 11.8. The number of aromatic nitrogens is 4. The molecule has 5 N–H and O–H groups in total. The molecular formula is C88H79Br5ClF7N6O14. The lowest BCUT2D eigenvalue weighted by Gasteiger charge is -2.09. The lowest BCUT2D eigenvalue weighted by molar-refractivity contribution is -0.126. The van der Waals surface area contributed by atoms with Gasteiger partial charge in [0.25, 0.3) is 0 Å². The molecule has 0 atom stereocenters. The Labute approximate surface area is 737 Å². The Morgan fingerprint density at radius 3 is 1.14 bits per heavy atom. The molecule has 5 fully saturated rings. The number of allylic oxidation sites excluding steroid dienone is 2. The Bertz CT molecular complexity index is 5400. The van der Waals surface area contributed by atoms with Gasteiger partial charge in [0, 0.05) is 85.3 Å². The summed E-state index contributed by atoms with van der Waals surface area (Å²) in [6.45, 7) is 14.2. The zero-order valence-electron chi connectivity index (χ0n) is 65.2. The Morgan fingerprint density at radius 2 is 0.810 bits per heavy atom. The molecule has 33 heteroatoms. The maximum Gasteiger partial charge on any atom is 0.344 e. The molecule has 5 aliphatic rings. The van der Waals surface area contributed by atoms with Gasteiger partial charge in [-0.2, -0.15) is 0 Å². The van der Waals surface area contributed by atoms with E-state index >= 15 is 0 Å². The van der Waals surface area contributed by atoms with Crippen LogP contribution in [0.1, 0.15) is 205 Å². The topological polar surface area (TPSA) is 307 Å². The molecule has 20 nitrogen and oxygen atoms in total. The number of hydrogen-bond acceptors (Lipinski definition) is 20. The maximum atomic E-state index is 14.2. The van der Waals surface area contributed by atoms with Crippen LogP contribution >= 0.6 is 91.3 Å². The molecule has 16 rings (SSSR count). The van der Waals surface area contributed by atoms with E-state index in [2.05, 4.69) is 124 Å². The Morgan fingerprint density at radius 1 is 0.471 bits per heavy atom. The van der Waals surface area contributed by atoms with Crippen molar-refractivity contribution in [2.45, 2.75) is 142 Å². The van der Waals surface area contributed by atoms with Crippen LogP contribution in [0, 0.1) is 46.6 Å². The first-order valence-corrected chi connectivity index (χ1v) is 41.9. The molecular weight excluding hydrogens is 1930 g/mol. The van der Waals surface area contributed by atoms with E-state index in [-0.39, 0.29) is 112 Å². The number of aliphatic hydroxyl groups is 3. The highest BCUT2D eigenvalue weighted by atomic mass is 79.9. The number of rotatable bonds is 21. The SMILES string of the molecule is C=C(C)c1cccc(F)c1-c1noc(C2CC2)c1CO.C=C(C)c1cccc(F)c1-c1noc(C2CC2)c1CO.CC(=O)CC(=O)C1CC1.CCOC(=O)c1c(-c2c(F)cccc2Br)noc1C1CC1.O/N=C(\Cl)c1c(F)cccc1Br.O/N=C/c1c(F)cccc1Br.O=Cc1c(F)cccc1Br.OCc1c(-c2c(F)cccc2Br)noc1C1CC1. The lowest BCUT2D eigenvalue weighted by atomic mass is 9.96. The number of nitrogens with zero attached hydrogens (tertiary/aromatic N) is 6. The highest BCUT2D eigenvalue weighted by Crippen LogP contribution is 2.49. The third-order valence-corrected chi connectivity index (χ3v) is 22.4. The molecule has 0 spiro atoms. The van der Waals surface area contributed by atoms with Crippen molar-refractivity contribution in [1.82, 2.24) is 20.6 Å². The van der Waals surface area contributed by atoms with Crippen LogP contribution in [0.25, 0.3) is 56.2 Å². The van der Waals surface area contributed by atoms with Gasteiger partial charge in [0.2, 0.25) is 0 Å². The highest BCUT2D eigenvalue weighted by molar-refractivity contribution is 9.11. The number of oxime groups is 2. The van der Waals surface area contributed by atoms with E-state index in [1.165, 1.54) is 61.5 Å². The minimum atomic E-state index is -0.535. The molecule has 7 aromatic carbocycles. The Balaban J connectivity index is 0.000000160. The number of Topliss-reactive ketones (excluding diaryl/α,β-unsaturated/α-hetero) is 2. The van der Waals surface area contributed by atoms with E-state index in [1.54, 1.807) is 79.7 Å². The van der Waals surface area contributed by atoms with E-state index in [4.69, 9.17) is 44.8 Å². The lowest BCUT2D eigenvalue weighted by Crippen LogP contribution is -2.08. The first-order chi connectivity index (χ1) is 58.0. The normalized spacial score (nSPS) is 13.7. The predicted octanol–water partition coefficient (Wildman–Crippen LogP) is 24.4. The number of aldehydes is 1. The average Bonchev–Trinajstić information content (AvgIpc) is 1.64. The van der Waals surface area contributed by atoms with Gasteiger partial charge < -0.3 is 48.6 Å². The molecule has 4 aromatic heterocycles. The molecule has 636 valence electrons. The first-order valence-electron chi connectivity index (χ1n) is 37.6. The molecule has 0 aliphatic heterocycles. The zero-order chi connectivity index (χ0) is 88.1. The van der Waals surface area contributed by atoms with Gasteiger partial charge in [0.15, 0.2) is 17.2 Å². The van der Waals surface area contributed by atoms with Gasteiger partial charge in [-0.05, 0) is 240 Å². The molecule has 11 aromatic rings. The number of halogens is 13. The van der Waals surface area contributed by atoms with E-state index in [1.807, 2.05) is 13.8 Å². The quantitative estimate of drug-likeness (QED) is 0.00849. The van der Waals surface area contributed by atoms with Crippen molar-refractivity contribution >= 4 is 138 Å². The largest absolute Gasteiger partial charge is 0.462 e. The van der Waals surface area contributed by atoms with Crippen LogP contribution in [0.15, 0.2) is 191 Å². The molecule has 5 aliphatic carbocycles. The number of ether oxygens (including phenoxy) is 1. The molecule has 4 heterocycles. The molecule has 0 amide bonds. The Hall–Kier alpha value is -9.64. The fraction of sp³-hybridized carbons (Fsp3) is 0.273. The van der Waals surface area contributed by atoms with Gasteiger partial charge in [-0.3, -0.25) is 14.4 Å². The van der Waals surface area contributed by atoms with Crippen LogP contribution in [0.3, 0.4) is 0 Å². The molecule has 0 radical (unpaired) electrons. The average molecular weight is 2010 g/mol. The van der Waals surface area contributed by atoms with E-state index in [9.17, 15) is 65.2 Å². The van der Waals surface area contributed by atoms with Crippen molar-refractivity contribution in [1.29, 1.82) is 0 Å². The standard InChI is InChI=1S/2C16H16FNO2.C15H13BrFNO3.C13H11BrFNO2.C7H4BrClFNO.C7H5BrFNO.C7H4BrFO.C7H10O2/c2*1-9(2)11-4-3-5-13(17)14(11)15-12(8-19)16(20-18-15)10-6-7-10;1-2-20-15(19)12-13(18-21-14(12)8-6-7-8)11-9(16)4-3-5-10(11)17;14-9-2-1-3-10(15)11(9)12-8(6-17)13(18-16-12)7-4-5-7;8-4-2-1-3-5(10)6(4)7(9)11-12;8-6-2-1-3-7(9)5(6)4-10-11;8-6-2-1-3-7(9)5(6)4-10;1-5(8)4-7(9)6-2-3-6/h2*3-5,10,19H,1,6-8H2,2H3;3-5,8H,2,6-7H2,1H3;1-3,7,17H,4-6H2;1-3,12H;1-4,11H;1-4H;6H,2-4H2,1H3/b;;;;11-7-;10-4+;;. The van der Waals surface area contributed by atoms with Gasteiger partial charge in [0.1, 0.15) is 97.9 Å². The summed E-state index contributed by atoms with van der Waals surface area (Å²) in [5.41, 5.74) is 7.95. The summed E-state index contributed by atoms with van der Waals surface area (Å²) < 4.78 is 124.